The van der Waals surface area contributed by atoms with Crippen LogP contribution in [0.2, 0.25) is 0 Å². The highest BCUT2D eigenvalue weighted by atomic mass is 19.1. The highest BCUT2D eigenvalue weighted by molar-refractivity contribution is 5.94. The molecule has 8 heteroatoms. The molecule has 1 aromatic heterocycles. The van der Waals surface area contributed by atoms with Crippen LogP contribution in [0.3, 0.4) is 0 Å². The Morgan fingerprint density at radius 3 is 2.91 bits per heavy atom. The fourth-order valence-electron chi connectivity index (χ4n) is 2.57. The molecule has 0 bridgehead atoms. The summed E-state index contributed by atoms with van der Waals surface area (Å²) in [5, 5.41) is 12.3. The average molecular weight is 324 g/mol. The monoisotopic (exact) mass is 324 g/mol. The summed E-state index contributed by atoms with van der Waals surface area (Å²) >= 11 is 0. The summed E-state index contributed by atoms with van der Waals surface area (Å²) in [5.41, 5.74) is 0.279. The summed E-state index contributed by atoms with van der Waals surface area (Å²) in [6.45, 7) is 3.09. The molecule has 3 N–H and O–H groups in total. The zero-order valence-corrected chi connectivity index (χ0v) is 13.1. The van der Waals surface area contributed by atoms with E-state index in [2.05, 4.69) is 20.8 Å². The van der Waals surface area contributed by atoms with Gasteiger partial charge in [-0.3, -0.25) is 14.7 Å². The van der Waals surface area contributed by atoms with E-state index < -0.39 is 11.6 Å². The van der Waals surface area contributed by atoms with Crippen LogP contribution in [0, 0.1) is 0 Å². The maximum absolute atomic E-state index is 13.6. The maximum atomic E-state index is 13.6. The van der Waals surface area contributed by atoms with E-state index in [0.717, 1.165) is 17.7 Å². The lowest BCUT2D eigenvalue weighted by atomic mass is 10.0. The third kappa shape index (κ3) is 3.36. The van der Waals surface area contributed by atoms with Crippen molar-refractivity contribution >= 4 is 11.8 Å². The summed E-state index contributed by atoms with van der Waals surface area (Å²) in [4.78, 5) is 23.7. The summed E-state index contributed by atoms with van der Waals surface area (Å²) in [7, 11) is 0. The Bertz CT molecular complexity index is 612. The number of hydrogen-bond acceptors (Lipinski definition) is 4. The number of carbonyl (C=O) groups excluding carboxylic acids is 2. The highest BCUT2D eigenvalue weighted by Gasteiger charge is 2.50. The number of halogens is 1. The number of alkyl halides is 1. The van der Waals surface area contributed by atoms with Gasteiger partial charge >= 0.3 is 0 Å². The van der Waals surface area contributed by atoms with Gasteiger partial charge in [-0.15, -0.1) is 0 Å². The minimum absolute atomic E-state index is 0.213. The Labute approximate surface area is 133 Å². The first-order chi connectivity index (χ1) is 11.0. The quantitative estimate of drug-likeness (QED) is 0.714. The second-order valence-electron chi connectivity index (χ2n) is 6.10. The van der Waals surface area contributed by atoms with Gasteiger partial charge in [0.1, 0.15) is 0 Å². The molecule has 2 heterocycles. The molecule has 0 radical (unpaired) electrons. The molecule has 1 saturated carbocycles. The van der Waals surface area contributed by atoms with Crippen molar-refractivity contribution in [2.24, 2.45) is 0 Å². The Hall–Kier alpha value is -1.96. The van der Waals surface area contributed by atoms with E-state index in [-0.39, 0.29) is 31.4 Å². The Morgan fingerprint density at radius 1 is 1.43 bits per heavy atom. The molecule has 1 aliphatic carbocycles. The highest BCUT2D eigenvalue weighted by Crippen LogP contribution is 2.39. The molecule has 1 aliphatic heterocycles. The molecule has 0 aromatic carbocycles. The third-order valence-electron chi connectivity index (χ3n) is 4.18. The number of rotatable bonds is 6. The van der Waals surface area contributed by atoms with Crippen LogP contribution < -0.4 is 10.6 Å². The number of nitrogens with one attached hydrogen (secondary N) is 3. The van der Waals surface area contributed by atoms with E-state index in [4.69, 9.17) is 4.74 Å². The molecule has 0 spiro atoms. The number of aromatic amines is 1. The van der Waals surface area contributed by atoms with Crippen LogP contribution in [-0.2, 0) is 22.6 Å². The number of carbonyl (C=O) groups is 2. The standard InChI is InChI=1S/C15H21FN4O3/c1-2-5-17-13(21)12-10-6-9(23-8-11(10)19-20-12)7-18-14(22)15(16)3-4-15/h9H,2-8H2,1H3,(H,17,21)(H,18,22)(H,19,20). The van der Waals surface area contributed by atoms with Crippen LogP contribution in [0.25, 0.3) is 0 Å². The molecule has 2 amide bonds. The van der Waals surface area contributed by atoms with Gasteiger partial charge in [0.05, 0.1) is 18.4 Å². The molecule has 2 aliphatic rings. The smallest absolute Gasteiger partial charge is 0.272 e. The zero-order valence-electron chi connectivity index (χ0n) is 13.1. The number of aromatic nitrogens is 2. The van der Waals surface area contributed by atoms with Gasteiger partial charge in [0, 0.05) is 25.1 Å². The maximum Gasteiger partial charge on any atom is 0.272 e. The normalized spacial score (nSPS) is 21.4. The molecule has 1 fully saturated rings. The van der Waals surface area contributed by atoms with E-state index in [1.54, 1.807) is 0 Å². The molecule has 0 saturated heterocycles. The van der Waals surface area contributed by atoms with E-state index in [1.807, 2.05) is 6.92 Å². The van der Waals surface area contributed by atoms with Crippen LogP contribution in [0.1, 0.15) is 47.9 Å². The first kappa shape index (κ1) is 15.9. The van der Waals surface area contributed by atoms with Crippen molar-refractivity contribution < 1.29 is 18.7 Å². The first-order valence-electron chi connectivity index (χ1n) is 7.96. The van der Waals surface area contributed by atoms with Crippen LogP contribution in [-0.4, -0.2) is 46.9 Å². The molecule has 1 unspecified atom stereocenters. The zero-order chi connectivity index (χ0) is 16.4. The Morgan fingerprint density at radius 2 is 2.22 bits per heavy atom. The summed E-state index contributed by atoms with van der Waals surface area (Å²) < 4.78 is 19.2. The topological polar surface area (TPSA) is 96.1 Å². The first-order valence-corrected chi connectivity index (χ1v) is 7.96. The Kier molecular flexibility index (Phi) is 4.34. The number of ether oxygens (including phenoxy) is 1. The summed E-state index contributed by atoms with van der Waals surface area (Å²) in [5.74, 6) is -0.783. The number of fused-ring (bicyclic) bond motifs is 1. The number of amides is 2. The lowest BCUT2D eigenvalue weighted by Crippen LogP contribution is -2.41. The number of hydrogen-bond donors (Lipinski definition) is 3. The second kappa shape index (κ2) is 6.27. The number of H-pyrrole nitrogens is 1. The van der Waals surface area contributed by atoms with Crippen LogP contribution in [0.4, 0.5) is 4.39 Å². The molecule has 126 valence electrons. The summed E-state index contributed by atoms with van der Waals surface area (Å²) in [6.07, 6.45) is 1.60. The van der Waals surface area contributed by atoms with Gasteiger partial charge < -0.3 is 15.4 Å². The fraction of sp³-hybridized carbons (Fsp3) is 0.667. The lowest BCUT2D eigenvalue weighted by molar-refractivity contribution is -0.128. The molecular formula is C15H21FN4O3. The lowest BCUT2D eigenvalue weighted by Gasteiger charge is -2.23. The van der Waals surface area contributed by atoms with E-state index in [0.29, 0.717) is 25.3 Å². The SMILES string of the molecule is CCCNC(=O)c1n[nH]c2c1CC(CNC(=O)C1(F)CC1)OC2. The fourth-order valence-corrected chi connectivity index (χ4v) is 2.57. The molecule has 1 atom stereocenters. The van der Waals surface area contributed by atoms with Crippen molar-refractivity contribution in [2.45, 2.75) is 51.0 Å². The van der Waals surface area contributed by atoms with Crippen molar-refractivity contribution in [3.05, 3.63) is 17.0 Å². The van der Waals surface area contributed by atoms with Crippen molar-refractivity contribution in [1.82, 2.24) is 20.8 Å². The van der Waals surface area contributed by atoms with Crippen molar-refractivity contribution in [1.29, 1.82) is 0 Å². The van der Waals surface area contributed by atoms with Crippen molar-refractivity contribution in [3.8, 4) is 0 Å². The molecular weight excluding hydrogens is 303 g/mol. The average Bonchev–Trinajstić information content (AvgIpc) is 3.17. The van der Waals surface area contributed by atoms with Crippen molar-refractivity contribution in [3.63, 3.8) is 0 Å². The van der Waals surface area contributed by atoms with Crippen molar-refractivity contribution in [2.75, 3.05) is 13.1 Å². The van der Waals surface area contributed by atoms with E-state index in [1.165, 1.54) is 0 Å². The minimum atomic E-state index is -1.68. The van der Waals surface area contributed by atoms with Gasteiger partial charge in [-0.1, -0.05) is 6.92 Å². The van der Waals surface area contributed by atoms with Gasteiger partial charge in [-0.2, -0.15) is 5.10 Å². The summed E-state index contributed by atoms with van der Waals surface area (Å²) in [6, 6.07) is 0. The van der Waals surface area contributed by atoms with Gasteiger partial charge in [-0.25, -0.2) is 4.39 Å². The van der Waals surface area contributed by atoms with Crippen LogP contribution in [0.15, 0.2) is 0 Å². The molecule has 1 aromatic rings. The van der Waals surface area contributed by atoms with Gasteiger partial charge in [0.25, 0.3) is 11.8 Å². The molecule has 3 rings (SSSR count). The minimum Gasteiger partial charge on any atom is -0.370 e. The third-order valence-corrected chi connectivity index (χ3v) is 4.18. The molecule has 23 heavy (non-hydrogen) atoms. The van der Waals surface area contributed by atoms with Gasteiger partial charge in [-0.05, 0) is 19.3 Å². The Balaban J connectivity index is 1.59. The predicted molar refractivity (Wildman–Crippen MR) is 79.6 cm³/mol. The predicted octanol–water partition coefficient (Wildman–Crippen LogP) is 0.609. The van der Waals surface area contributed by atoms with Crippen LogP contribution >= 0.6 is 0 Å². The number of nitrogens with zero attached hydrogens (tertiary/aromatic N) is 1. The van der Waals surface area contributed by atoms with E-state index >= 15 is 0 Å². The van der Waals surface area contributed by atoms with E-state index in [9.17, 15) is 14.0 Å². The van der Waals surface area contributed by atoms with Gasteiger partial charge in [0.15, 0.2) is 11.4 Å². The largest absolute Gasteiger partial charge is 0.370 e. The van der Waals surface area contributed by atoms with Gasteiger partial charge in [0.2, 0.25) is 0 Å². The van der Waals surface area contributed by atoms with Crippen LogP contribution in [0.5, 0.6) is 0 Å². The second-order valence-corrected chi connectivity index (χ2v) is 6.10. The molecule has 7 nitrogen and oxygen atoms in total.